The van der Waals surface area contributed by atoms with Crippen LogP contribution in [-0.4, -0.2) is 57.8 Å². The Morgan fingerprint density at radius 2 is 1.79 bits per heavy atom. The largest absolute Gasteiger partial charge is 0.497 e. The molecular formula is C23H28N2O4. The lowest BCUT2D eigenvalue weighted by Crippen LogP contribution is -2.50. The standard InChI is InChI=1S/C23H28N2O4/c1-4-6-18-9-10-21(22(15-18)28-3)29-17-23(26)25-13-11-24(12-14-25)19-7-5-8-20(16-19)27-2/h4-10,15-16H,11-14,17H2,1-3H3/b6-4+. The van der Waals surface area contributed by atoms with Crippen LogP contribution < -0.4 is 19.1 Å². The molecule has 1 aliphatic heterocycles. The minimum atomic E-state index is -0.0186. The molecule has 0 aliphatic carbocycles. The summed E-state index contributed by atoms with van der Waals surface area (Å²) in [7, 11) is 3.26. The first-order valence-electron chi connectivity index (χ1n) is 9.75. The average molecular weight is 396 g/mol. The normalized spacial score (nSPS) is 14.2. The molecule has 1 fully saturated rings. The van der Waals surface area contributed by atoms with E-state index >= 15 is 0 Å². The number of allylic oxidation sites excluding steroid dienone is 1. The number of ether oxygens (including phenoxy) is 3. The Balaban J connectivity index is 1.53. The number of hydrogen-bond donors (Lipinski definition) is 0. The number of nitrogens with zero attached hydrogens (tertiary/aromatic N) is 2. The van der Waals surface area contributed by atoms with Crippen LogP contribution >= 0.6 is 0 Å². The van der Waals surface area contributed by atoms with E-state index in [9.17, 15) is 4.79 Å². The third kappa shape index (κ3) is 5.22. The first-order chi connectivity index (χ1) is 14.1. The molecule has 3 rings (SSSR count). The molecule has 6 nitrogen and oxygen atoms in total. The summed E-state index contributed by atoms with van der Waals surface area (Å²) < 4.78 is 16.4. The van der Waals surface area contributed by atoms with Gasteiger partial charge in [-0.3, -0.25) is 4.79 Å². The summed E-state index contributed by atoms with van der Waals surface area (Å²) in [6.45, 7) is 4.84. The zero-order chi connectivity index (χ0) is 20.6. The molecule has 0 bridgehead atoms. The molecule has 0 spiro atoms. The van der Waals surface area contributed by atoms with E-state index in [4.69, 9.17) is 14.2 Å². The van der Waals surface area contributed by atoms with E-state index in [-0.39, 0.29) is 12.5 Å². The lowest BCUT2D eigenvalue weighted by molar-refractivity contribution is -0.133. The van der Waals surface area contributed by atoms with Gasteiger partial charge in [0.1, 0.15) is 5.75 Å². The maximum Gasteiger partial charge on any atom is 0.260 e. The lowest BCUT2D eigenvalue weighted by Gasteiger charge is -2.36. The van der Waals surface area contributed by atoms with Crippen molar-refractivity contribution in [2.75, 3.05) is 51.9 Å². The smallest absolute Gasteiger partial charge is 0.260 e. The summed E-state index contributed by atoms with van der Waals surface area (Å²) in [6.07, 6.45) is 3.95. The predicted molar refractivity (Wildman–Crippen MR) is 115 cm³/mol. The molecule has 0 N–H and O–H groups in total. The van der Waals surface area contributed by atoms with E-state index in [0.717, 1.165) is 30.1 Å². The fourth-order valence-electron chi connectivity index (χ4n) is 3.35. The maximum absolute atomic E-state index is 12.6. The number of amides is 1. The van der Waals surface area contributed by atoms with Crippen LogP contribution in [0.3, 0.4) is 0 Å². The summed E-state index contributed by atoms with van der Waals surface area (Å²) in [6, 6.07) is 13.7. The van der Waals surface area contributed by atoms with Gasteiger partial charge in [0.15, 0.2) is 18.1 Å². The number of hydrogen-bond acceptors (Lipinski definition) is 5. The first kappa shape index (κ1) is 20.6. The topological polar surface area (TPSA) is 51.2 Å². The van der Waals surface area contributed by atoms with E-state index in [1.165, 1.54) is 0 Å². The van der Waals surface area contributed by atoms with E-state index in [1.54, 1.807) is 14.2 Å². The van der Waals surface area contributed by atoms with Crippen molar-refractivity contribution in [2.45, 2.75) is 6.92 Å². The second kappa shape index (κ2) is 9.87. The monoisotopic (exact) mass is 396 g/mol. The highest BCUT2D eigenvalue weighted by atomic mass is 16.5. The van der Waals surface area contributed by atoms with Gasteiger partial charge in [-0.2, -0.15) is 0 Å². The van der Waals surface area contributed by atoms with Gasteiger partial charge in [-0.15, -0.1) is 0 Å². The highest BCUT2D eigenvalue weighted by molar-refractivity contribution is 5.78. The Labute approximate surface area is 172 Å². The van der Waals surface area contributed by atoms with Gasteiger partial charge in [0.05, 0.1) is 14.2 Å². The molecule has 0 radical (unpaired) electrons. The van der Waals surface area contributed by atoms with Gasteiger partial charge < -0.3 is 24.0 Å². The van der Waals surface area contributed by atoms with Gasteiger partial charge in [-0.05, 0) is 36.8 Å². The molecule has 1 heterocycles. The minimum Gasteiger partial charge on any atom is -0.497 e. The molecule has 0 saturated carbocycles. The Hall–Kier alpha value is -3.15. The third-order valence-corrected chi connectivity index (χ3v) is 4.95. The SMILES string of the molecule is C/C=C/c1ccc(OCC(=O)N2CCN(c3cccc(OC)c3)CC2)c(OC)c1. The van der Waals surface area contributed by atoms with E-state index < -0.39 is 0 Å². The zero-order valence-electron chi connectivity index (χ0n) is 17.3. The fourth-order valence-corrected chi connectivity index (χ4v) is 3.35. The van der Waals surface area contributed by atoms with Crippen LogP contribution in [-0.2, 0) is 4.79 Å². The van der Waals surface area contributed by atoms with Crippen LogP contribution in [0.4, 0.5) is 5.69 Å². The van der Waals surface area contributed by atoms with Crippen molar-refractivity contribution in [3.63, 3.8) is 0 Å². The van der Waals surface area contributed by atoms with Gasteiger partial charge in [0.25, 0.3) is 5.91 Å². The van der Waals surface area contributed by atoms with E-state index in [2.05, 4.69) is 11.0 Å². The Morgan fingerprint density at radius 1 is 1.00 bits per heavy atom. The maximum atomic E-state index is 12.6. The number of benzene rings is 2. The van der Waals surface area contributed by atoms with Crippen LogP contribution in [0, 0.1) is 0 Å². The van der Waals surface area contributed by atoms with E-state index in [0.29, 0.717) is 24.6 Å². The van der Waals surface area contributed by atoms with Gasteiger partial charge in [-0.25, -0.2) is 0 Å². The number of anilines is 1. The Morgan fingerprint density at radius 3 is 2.48 bits per heavy atom. The van der Waals surface area contributed by atoms with Crippen molar-refractivity contribution in [1.29, 1.82) is 0 Å². The van der Waals surface area contributed by atoms with Gasteiger partial charge in [0, 0.05) is 37.9 Å². The second-order valence-corrected chi connectivity index (χ2v) is 6.77. The van der Waals surface area contributed by atoms with Gasteiger partial charge in [-0.1, -0.05) is 24.3 Å². The van der Waals surface area contributed by atoms with Crippen molar-refractivity contribution in [2.24, 2.45) is 0 Å². The molecular weight excluding hydrogens is 368 g/mol. The summed E-state index contributed by atoms with van der Waals surface area (Å²) in [5.41, 5.74) is 2.13. The summed E-state index contributed by atoms with van der Waals surface area (Å²) in [5, 5.41) is 0. The third-order valence-electron chi connectivity index (χ3n) is 4.95. The molecule has 154 valence electrons. The summed E-state index contributed by atoms with van der Waals surface area (Å²) in [4.78, 5) is 16.7. The summed E-state index contributed by atoms with van der Waals surface area (Å²) >= 11 is 0. The van der Waals surface area contributed by atoms with Crippen molar-refractivity contribution in [3.8, 4) is 17.2 Å². The van der Waals surface area contributed by atoms with Crippen LogP contribution in [0.1, 0.15) is 12.5 Å². The van der Waals surface area contributed by atoms with E-state index in [1.807, 2.05) is 60.4 Å². The molecule has 29 heavy (non-hydrogen) atoms. The molecule has 1 saturated heterocycles. The average Bonchev–Trinajstić information content (AvgIpc) is 2.78. The van der Waals surface area contributed by atoms with Crippen LogP contribution in [0.2, 0.25) is 0 Å². The molecule has 0 atom stereocenters. The molecule has 0 aromatic heterocycles. The number of piperazine rings is 1. The van der Waals surface area contributed by atoms with Crippen LogP contribution in [0.25, 0.3) is 6.08 Å². The Kier molecular flexibility index (Phi) is 7.00. The summed E-state index contributed by atoms with van der Waals surface area (Å²) in [5.74, 6) is 2.01. The van der Waals surface area contributed by atoms with Gasteiger partial charge >= 0.3 is 0 Å². The van der Waals surface area contributed by atoms with Crippen molar-refractivity contribution >= 4 is 17.7 Å². The van der Waals surface area contributed by atoms with Crippen molar-refractivity contribution in [3.05, 3.63) is 54.1 Å². The van der Waals surface area contributed by atoms with Crippen LogP contribution in [0.5, 0.6) is 17.2 Å². The molecule has 1 amide bonds. The molecule has 2 aromatic carbocycles. The fraction of sp³-hybridized carbons (Fsp3) is 0.348. The highest BCUT2D eigenvalue weighted by Gasteiger charge is 2.22. The number of methoxy groups -OCH3 is 2. The quantitative estimate of drug-likeness (QED) is 0.717. The molecule has 2 aromatic rings. The zero-order valence-corrected chi connectivity index (χ0v) is 17.3. The lowest BCUT2D eigenvalue weighted by atomic mass is 10.2. The molecule has 6 heteroatoms. The van der Waals surface area contributed by atoms with Crippen LogP contribution in [0.15, 0.2) is 48.5 Å². The first-order valence-corrected chi connectivity index (χ1v) is 9.75. The number of carbonyl (C=O) groups excluding carboxylic acids is 1. The molecule has 0 unspecified atom stereocenters. The number of carbonyl (C=O) groups is 1. The Bertz CT molecular complexity index is 858. The minimum absolute atomic E-state index is 0.00150. The van der Waals surface area contributed by atoms with Gasteiger partial charge in [0.2, 0.25) is 0 Å². The molecule has 1 aliphatic rings. The number of rotatable bonds is 7. The van der Waals surface area contributed by atoms with Crippen molar-refractivity contribution in [1.82, 2.24) is 4.90 Å². The van der Waals surface area contributed by atoms with Crippen molar-refractivity contribution < 1.29 is 19.0 Å². The predicted octanol–water partition coefficient (Wildman–Crippen LogP) is 3.46. The highest BCUT2D eigenvalue weighted by Crippen LogP contribution is 2.28. The second-order valence-electron chi connectivity index (χ2n) is 6.77.